The number of thioether (sulfide) groups is 1. The van der Waals surface area contributed by atoms with E-state index in [1.165, 1.54) is 11.8 Å². The number of aromatic nitrogens is 4. The van der Waals surface area contributed by atoms with Crippen LogP contribution in [-0.4, -0.2) is 47.2 Å². The quantitative estimate of drug-likeness (QED) is 0.340. The molecule has 4 heterocycles. The van der Waals surface area contributed by atoms with Gasteiger partial charge in [0.2, 0.25) is 0 Å². The highest BCUT2D eigenvalue weighted by atomic mass is 32.2. The van der Waals surface area contributed by atoms with Gasteiger partial charge in [-0.05, 0) is 63.9 Å². The van der Waals surface area contributed by atoms with Crippen LogP contribution in [0.2, 0.25) is 0 Å². The molecule has 0 radical (unpaired) electrons. The molecule has 2 aliphatic heterocycles. The lowest BCUT2D eigenvalue weighted by Crippen LogP contribution is -2.37. The summed E-state index contributed by atoms with van der Waals surface area (Å²) in [4.78, 5) is 14.5. The van der Waals surface area contributed by atoms with E-state index >= 15 is 0 Å². The molecular weight excluding hydrogens is 510 g/mol. The second-order valence-electron chi connectivity index (χ2n) is 11.0. The van der Waals surface area contributed by atoms with Gasteiger partial charge in [0.05, 0.1) is 22.7 Å². The van der Waals surface area contributed by atoms with E-state index in [0.717, 1.165) is 32.9 Å². The Morgan fingerprint density at radius 1 is 1.05 bits per heavy atom. The predicted octanol–water partition coefficient (Wildman–Crippen LogP) is 5.64. The second-order valence-corrected chi connectivity index (χ2v) is 12.2. The first-order chi connectivity index (χ1) is 17.9. The Bertz CT molecular complexity index is 1530. The number of aliphatic hydroxyl groups is 2. The summed E-state index contributed by atoms with van der Waals surface area (Å²) in [5.41, 5.74) is 1.78. The minimum absolute atomic E-state index is 0.0953. The average Bonchev–Trinajstić information content (AvgIpc) is 3.31. The molecule has 38 heavy (non-hydrogen) atoms. The lowest BCUT2D eigenvalue weighted by molar-refractivity contribution is -0.0508. The van der Waals surface area contributed by atoms with Crippen molar-refractivity contribution in [2.45, 2.75) is 74.0 Å². The third-order valence-corrected chi connectivity index (χ3v) is 9.03. The molecule has 2 aromatic carbocycles. The van der Waals surface area contributed by atoms with Crippen LogP contribution in [-0.2, 0) is 5.60 Å². The largest absolute Gasteiger partial charge is 0.434 e. The summed E-state index contributed by atoms with van der Waals surface area (Å²) >= 11 is 1.50. The van der Waals surface area contributed by atoms with Gasteiger partial charge in [-0.2, -0.15) is 8.78 Å². The minimum atomic E-state index is -2.95. The Labute approximate surface area is 222 Å². The van der Waals surface area contributed by atoms with Gasteiger partial charge in [-0.15, -0.1) is 11.8 Å². The first-order valence-electron chi connectivity index (χ1n) is 12.5. The van der Waals surface area contributed by atoms with Crippen LogP contribution in [0.3, 0.4) is 0 Å². The third-order valence-electron chi connectivity index (χ3n) is 7.26. The molecule has 2 N–H and O–H groups in total. The van der Waals surface area contributed by atoms with Crippen molar-refractivity contribution in [3.8, 4) is 16.9 Å². The SMILES string of the molecule is CC(C)(O)c1ncc(-c2ccc3nc4n(c3c2)[C@@H]2C[C@@H]4C(C(C)(C)O)Sc3cccc(OC(F)F)c32)cn1. The van der Waals surface area contributed by atoms with Gasteiger partial charge in [0.1, 0.15) is 17.2 Å². The minimum Gasteiger partial charge on any atom is -0.434 e. The second kappa shape index (κ2) is 8.72. The van der Waals surface area contributed by atoms with Crippen molar-refractivity contribution in [2.75, 3.05) is 0 Å². The monoisotopic (exact) mass is 538 g/mol. The van der Waals surface area contributed by atoms with Gasteiger partial charge in [0.15, 0.2) is 5.82 Å². The van der Waals surface area contributed by atoms with Gasteiger partial charge in [0.25, 0.3) is 0 Å². The molecule has 4 aromatic rings. The lowest BCUT2D eigenvalue weighted by atomic mass is 9.88. The number of hydrogen-bond donors (Lipinski definition) is 2. The van der Waals surface area contributed by atoms with Crippen LogP contribution in [0.4, 0.5) is 8.78 Å². The predicted molar refractivity (Wildman–Crippen MR) is 141 cm³/mol. The fourth-order valence-corrected chi connectivity index (χ4v) is 7.12. The Hall–Kier alpha value is -3.08. The van der Waals surface area contributed by atoms with E-state index in [9.17, 15) is 19.0 Å². The summed E-state index contributed by atoms with van der Waals surface area (Å²) in [7, 11) is 0. The van der Waals surface area contributed by atoms with Crippen molar-refractivity contribution in [3.63, 3.8) is 0 Å². The van der Waals surface area contributed by atoms with Crippen molar-refractivity contribution in [1.82, 2.24) is 19.5 Å². The Kier molecular flexibility index (Phi) is 5.79. The summed E-state index contributed by atoms with van der Waals surface area (Å²) < 4.78 is 33.9. The lowest BCUT2D eigenvalue weighted by Gasteiger charge is -2.32. The number of imidazole rings is 1. The topological polar surface area (TPSA) is 93.3 Å². The molecule has 2 aliphatic rings. The summed E-state index contributed by atoms with van der Waals surface area (Å²) in [6.07, 6.45) is 3.97. The van der Waals surface area contributed by atoms with Gasteiger partial charge < -0.3 is 19.5 Å². The molecular formula is C28H28F2N4O3S. The number of nitrogens with zero attached hydrogens (tertiary/aromatic N) is 4. The molecule has 7 nitrogen and oxygen atoms in total. The highest BCUT2D eigenvalue weighted by molar-refractivity contribution is 8.00. The summed E-state index contributed by atoms with van der Waals surface area (Å²) in [5.74, 6) is 1.21. The number of ether oxygens (including phenoxy) is 1. The molecule has 0 saturated carbocycles. The number of alkyl halides is 2. The molecule has 2 aromatic heterocycles. The fraction of sp³-hybridized carbons (Fsp3) is 0.393. The third kappa shape index (κ3) is 4.15. The zero-order valence-electron chi connectivity index (χ0n) is 21.4. The molecule has 3 atom stereocenters. The standard InChI is InChI=1S/C28H28F2N4O3S/c1-27(2,35)23-16-11-19(22-20(37-26(29)30)6-5-7-21(22)38-23)34-18-10-14(8-9-17(18)33-24(16)34)15-12-31-25(32-13-15)28(3,4)36/h5-10,12-13,16,19,23,26,35-36H,11H2,1-4H3/t16-,19-,23?/m1/s1. The number of benzene rings is 2. The Balaban J connectivity index is 1.53. The van der Waals surface area contributed by atoms with E-state index in [4.69, 9.17) is 9.72 Å². The van der Waals surface area contributed by atoms with Gasteiger partial charge in [-0.1, -0.05) is 12.1 Å². The van der Waals surface area contributed by atoms with E-state index in [1.54, 1.807) is 52.2 Å². The van der Waals surface area contributed by atoms with Crippen molar-refractivity contribution in [2.24, 2.45) is 0 Å². The van der Waals surface area contributed by atoms with Crippen LogP contribution >= 0.6 is 11.8 Å². The first kappa shape index (κ1) is 25.2. The maximum Gasteiger partial charge on any atom is 0.387 e. The highest BCUT2D eigenvalue weighted by Crippen LogP contribution is 2.57. The van der Waals surface area contributed by atoms with E-state index in [-0.39, 0.29) is 23.0 Å². The molecule has 198 valence electrons. The molecule has 0 amide bonds. The highest BCUT2D eigenvalue weighted by Gasteiger charge is 2.48. The zero-order chi connectivity index (χ0) is 27.0. The van der Waals surface area contributed by atoms with Gasteiger partial charge in [0, 0.05) is 39.6 Å². The number of rotatable bonds is 5. The van der Waals surface area contributed by atoms with Gasteiger partial charge >= 0.3 is 6.61 Å². The number of fused-ring (bicyclic) bond motifs is 9. The van der Waals surface area contributed by atoms with E-state index in [1.807, 2.05) is 24.3 Å². The smallest absolute Gasteiger partial charge is 0.387 e. The van der Waals surface area contributed by atoms with Crippen molar-refractivity contribution >= 4 is 22.8 Å². The average molecular weight is 539 g/mol. The molecule has 0 saturated heterocycles. The van der Waals surface area contributed by atoms with E-state index < -0.39 is 17.8 Å². The van der Waals surface area contributed by atoms with Crippen LogP contribution in [0.15, 0.2) is 53.7 Å². The molecule has 1 unspecified atom stereocenters. The summed E-state index contributed by atoms with van der Waals surface area (Å²) in [5, 5.41) is 21.1. The van der Waals surface area contributed by atoms with Crippen molar-refractivity contribution in [1.29, 1.82) is 0 Å². The van der Waals surface area contributed by atoms with Gasteiger partial charge in [-0.3, -0.25) is 0 Å². The zero-order valence-corrected chi connectivity index (χ0v) is 22.2. The maximum absolute atomic E-state index is 13.4. The van der Waals surface area contributed by atoms with Crippen molar-refractivity contribution in [3.05, 3.63) is 66.0 Å². The van der Waals surface area contributed by atoms with Gasteiger partial charge in [-0.25, -0.2) is 15.0 Å². The van der Waals surface area contributed by atoms with Crippen molar-refractivity contribution < 1.29 is 23.7 Å². The Morgan fingerprint density at radius 3 is 2.45 bits per heavy atom. The molecule has 2 bridgehead atoms. The fourth-order valence-electron chi connectivity index (χ4n) is 5.64. The maximum atomic E-state index is 13.4. The van der Waals surface area contributed by atoms with Crippen LogP contribution in [0.1, 0.15) is 63.3 Å². The summed E-state index contributed by atoms with van der Waals surface area (Å²) in [6, 6.07) is 10.8. The van der Waals surface area contributed by atoms with E-state index in [0.29, 0.717) is 17.8 Å². The number of hydrogen-bond acceptors (Lipinski definition) is 7. The molecule has 0 fully saturated rings. The van der Waals surface area contributed by atoms with Crippen LogP contribution < -0.4 is 4.74 Å². The summed E-state index contributed by atoms with van der Waals surface area (Å²) in [6.45, 7) is 3.88. The van der Waals surface area contributed by atoms with Crippen LogP contribution in [0, 0.1) is 0 Å². The Morgan fingerprint density at radius 2 is 1.79 bits per heavy atom. The molecule has 0 aliphatic carbocycles. The number of halogens is 2. The van der Waals surface area contributed by atoms with Crippen LogP contribution in [0.25, 0.3) is 22.2 Å². The normalized spacial score (nSPS) is 20.9. The van der Waals surface area contributed by atoms with E-state index in [2.05, 4.69) is 14.5 Å². The molecule has 10 heteroatoms. The first-order valence-corrected chi connectivity index (χ1v) is 13.3. The van der Waals surface area contributed by atoms with Crippen LogP contribution in [0.5, 0.6) is 5.75 Å². The molecule has 0 spiro atoms. The molecule has 6 rings (SSSR count).